The fraction of sp³-hybridized carbons (Fsp3) is 0.444. The molecule has 1 aromatic heterocycles. The Morgan fingerprint density at radius 2 is 1.92 bits per heavy atom. The number of aliphatic hydroxyl groups excluding tert-OH is 1. The minimum atomic E-state index is -0.707. The van der Waals surface area contributed by atoms with Crippen LogP contribution >= 0.6 is 0 Å². The first-order valence-corrected chi connectivity index (χ1v) is 8.23. The summed E-state index contributed by atoms with van der Waals surface area (Å²) in [4.78, 5) is 23.6. The average molecular weight is 331 g/mol. The molecule has 1 aromatic carbocycles. The zero-order valence-corrected chi connectivity index (χ0v) is 14.4. The van der Waals surface area contributed by atoms with E-state index in [1.54, 1.807) is 13.0 Å². The Labute approximate surface area is 141 Å². The number of aliphatic hydroxyl groups is 1. The molecule has 2 aromatic rings. The first-order valence-electron chi connectivity index (χ1n) is 8.23. The van der Waals surface area contributed by atoms with E-state index in [1.807, 2.05) is 24.4 Å². The summed E-state index contributed by atoms with van der Waals surface area (Å²) in [5.74, 6) is -0.861. The van der Waals surface area contributed by atoms with Gasteiger partial charge in [0.25, 0.3) is 0 Å². The number of carbonyl (C=O) groups is 2. The van der Waals surface area contributed by atoms with Gasteiger partial charge in [-0.2, -0.15) is 0 Å². The van der Waals surface area contributed by atoms with Gasteiger partial charge in [-0.25, -0.2) is 0 Å². The van der Waals surface area contributed by atoms with Crippen LogP contribution < -0.4 is 10.6 Å². The Kier molecular flexibility index (Phi) is 5.98. The highest BCUT2D eigenvalue weighted by Gasteiger charge is 2.14. The summed E-state index contributed by atoms with van der Waals surface area (Å²) in [6, 6.07) is 7.59. The summed E-state index contributed by atoms with van der Waals surface area (Å²) in [5, 5.41) is 15.2. The molecule has 0 fully saturated rings. The number of amides is 2. The summed E-state index contributed by atoms with van der Waals surface area (Å²) in [5.41, 5.74) is 1.68. The molecule has 0 bridgehead atoms. The number of hydrogen-bond acceptors (Lipinski definition) is 3. The van der Waals surface area contributed by atoms with Gasteiger partial charge in [-0.15, -0.1) is 0 Å². The molecule has 1 atom stereocenters. The lowest BCUT2D eigenvalue weighted by molar-refractivity contribution is -0.136. The number of aromatic nitrogens is 1. The second-order valence-corrected chi connectivity index (χ2v) is 6.48. The molecule has 3 N–H and O–H groups in total. The molecule has 24 heavy (non-hydrogen) atoms. The van der Waals surface area contributed by atoms with Crippen LogP contribution in [-0.2, 0) is 16.1 Å². The van der Waals surface area contributed by atoms with E-state index in [0.29, 0.717) is 18.0 Å². The summed E-state index contributed by atoms with van der Waals surface area (Å²) >= 11 is 0. The van der Waals surface area contributed by atoms with Gasteiger partial charge in [0.1, 0.15) is 0 Å². The van der Waals surface area contributed by atoms with E-state index in [4.69, 9.17) is 5.11 Å². The molecule has 2 amide bonds. The van der Waals surface area contributed by atoms with E-state index < -0.39 is 17.9 Å². The fourth-order valence-corrected chi connectivity index (χ4v) is 2.49. The number of benzene rings is 1. The van der Waals surface area contributed by atoms with Crippen molar-refractivity contribution in [2.24, 2.45) is 5.92 Å². The Morgan fingerprint density at radius 3 is 2.58 bits per heavy atom. The van der Waals surface area contributed by atoms with Gasteiger partial charge in [-0.3, -0.25) is 9.59 Å². The number of fused-ring (bicyclic) bond motifs is 1. The van der Waals surface area contributed by atoms with E-state index in [2.05, 4.69) is 29.0 Å². The maximum absolute atomic E-state index is 11.9. The van der Waals surface area contributed by atoms with Crippen LogP contribution in [0, 0.1) is 5.92 Å². The number of rotatable bonds is 6. The fourth-order valence-electron chi connectivity index (χ4n) is 2.49. The van der Waals surface area contributed by atoms with Gasteiger partial charge in [0.15, 0.2) is 0 Å². The van der Waals surface area contributed by atoms with E-state index in [1.165, 1.54) is 0 Å². The van der Waals surface area contributed by atoms with Crippen molar-refractivity contribution in [3.63, 3.8) is 0 Å². The molecule has 130 valence electrons. The summed E-state index contributed by atoms with van der Waals surface area (Å²) < 4.78 is 2.17. The van der Waals surface area contributed by atoms with Crippen LogP contribution in [0.25, 0.3) is 10.9 Å². The maximum Gasteiger partial charge on any atom is 0.313 e. The van der Waals surface area contributed by atoms with E-state index >= 15 is 0 Å². The SMILES string of the molecule is CC(C)Cn1ccc2cc(NC(=O)C(=O)NCCC(C)O)ccc21. The van der Waals surface area contributed by atoms with Crippen LogP contribution in [0.3, 0.4) is 0 Å². The predicted octanol–water partition coefficient (Wildman–Crippen LogP) is 2.12. The molecule has 6 heteroatoms. The highest BCUT2D eigenvalue weighted by atomic mass is 16.3. The molecule has 0 spiro atoms. The third-order valence-corrected chi connectivity index (χ3v) is 3.64. The third-order valence-electron chi connectivity index (χ3n) is 3.64. The van der Waals surface area contributed by atoms with Crippen molar-refractivity contribution < 1.29 is 14.7 Å². The molecule has 0 aliphatic carbocycles. The molecule has 0 saturated heterocycles. The number of anilines is 1. The largest absolute Gasteiger partial charge is 0.393 e. The van der Waals surface area contributed by atoms with Gasteiger partial charge in [-0.05, 0) is 43.5 Å². The van der Waals surface area contributed by atoms with Crippen molar-refractivity contribution in [3.05, 3.63) is 30.5 Å². The first-order chi connectivity index (χ1) is 11.4. The monoisotopic (exact) mass is 331 g/mol. The molecule has 2 rings (SSSR count). The second kappa shape index (κ2) is 7.97. The number of nitrogens with zero attached hydrogens (tertiary/aromatic N) is 1. The molecular weight excluding hydrogens is 306 g/mol. The zero-order chi connectivity index (χ0) is 17.7. The Bertz CT molecular complexity index is 719. The van der Waals surface area contributed by atoms with Gasteiger partial charge in [0.2, 0.25) is 0 Å². The minimum Gasteiger partial charge on any atom is -0.393 e. The first kappa shape index (κ1) is 18.0. The Hall–Kier alpha value is -2.34. The zero-order valence-electron chi connectivity index (χ0n) is 14.4. The standard InChI is InChI=1S/C18H25N3O3/c1-12(2)11-21-9-7-14-10-15(4-5-16(14)21)20-18(24)17(23)19-8-6-13(3)22/h4-5,7,9-10,12-13,22H,6,8,11H2,1-3H3,(H,19,23)(H,20,24). The molecule has 1 unspecified atom stereocenters. The van der Waals surface area contributed by atoms with Crippen LogP contribution in [0.5, 0.6) is 0 Å². The van der Waals surface area contributed by atoms with Gasteiger partial charge >= 0.3 is 11.8 Å². The summed E-state index contributed by atoms with van der Waals surface area (Å²) in [6.45, 7) is 7.15. The Balaban J connectivity index is 1.99. The lowest BCUT2D eigenvalue weighted by atomic mass is 10.2. The summed E-state index contributed by atoms with van der Waals surface area (Å²) in [7, 11) is 0. The van der Waals surface area contributed by atoms with Gasteiger partial charge < -0.3 is 20.3 Å². The highest BCUT2D eigenvalue weighted by Crippen LogP contribution is 2.21. The molecule has 0 aliphatic heterocycles. The average Bonchev–Trinajstić information content (AvgIpc) is 2.88. The molecule has 0 saturated carbocycles. The lowest BCUT2D eigenvalue weighted by Crippen LogP contribution is -2.36. The topological polar surface area (TPSA) is 83.4 Å². The predicted molar refractivity (Wildman–Crippen MR) is 94.7 cm³/mol. The van der Waals surface area contributed by atoms with E-state index in [9.17, 15) is 9.59 Å². The van der Waals surface area contributed by atoms with Gasteiger partial charge in [-0.1, -0.05) is 13.8 Å². The van der Waals surface area contributed by atoms with Gasteiger partial charge in [0.05, 0.1) is 6.10 Å². The normalized spacial score (nSPS) is 12.4. The van der Waals surface area contributed by atoms with Crippen LogP contribution in [0.4, 0.5) is 5.69 Å². The van der Waals surface area contributed by atoms with Gasteiger partial charge in [0, 0.05) is 35.9 Å². The van der Waals surface area contributed by atoms with E-state index in [0.717, 1.165) is 17.4 Å². The highest BCUT2D eigenvalue weighted by molar-refractivity contribution is 6.39. The molecule has 6 nitrogen and oxygen atoms in total. The molecule has 0 radical (unpaired) electrons. The number of nitrogens with one attached hydrogen (secondary N) is 2. The van der Waals surface area contributed by atoms with Crippen molar-refractivity contribution in [2.75, 3.05) is 11.9 Å². The Morgan fingerprint density at radius 1 is 1.17 bits per heavy atom. The van der Waals surface area contributed by atoms with Crippen LogP contribution in [0.1, 0.15) is 27.2 Å². The van der Waals surface area contributed by atoms with Crippen molar-refractivity contribution >= 4 is 28.4 Å². The van der Waals surface area contributed by atoms with E-state index in [-0.39, 0.29) is 6.54 Å². The lowest BCUT2D eigenvalue weighted by Gasteiger charge is -2.10. The van der Waals surface area contributed by atoms with Crippen LogP contribution in [0.2, 0.25) is 0 Å². The molecule has 0 aliphatic rings. The number of hydrogen-bond donors (Lipinski definition) is 3. The van der Waals surface area contributed by atoms with Crippen molar-refractivity contribution in [2.45, 2.75) is 39.8 Å². The minimum absolute atomic E-state index is 0.265. The summed E-state index contributed by atoms with van der Waals surface area (Å²) in [6.07, 6.45) is 1.93. The van der Waals surface area contributed by atoms with Crippen molar-refractivity contribution in [1.82, 2.24) is 9.88 Å². The smallest absolute Gasteiger partial charge is 0.313 e. The van der Waals surface area contributed by atoms with Crippen LogP contribution in [-0.4, -0.2) is 34.1 Å². The second-order valence-electron chi connectivity index (χ2n) is 6.48. The van der Waals surface area contributed by atoms with Crippen molar-refractivity contribution in [1.29, 1.82) is 0 Å². The third kappa shape index (κ3) is 4.83. The molecular formula is C18H25N3O3. The van der Waals surface area contributed by atoms with Crippen LogP contribution in [0.15, 0.2) is 30.5 Å². The number of carbonyl (C=O) groups excluding carboxylic acids is 2. The quantitative estimate of drug-likeness (QED) is 0.709. The maximum atomic E-state index is 11.9. The molecule has 1 heterocycles. The van der Waals surface area contributed by atoms with Crippen molar-refractivity contribution in [3.8, 4) is 0 Å².